The molecule has 0 spiro atoms. The maximum Gasteiger partial charge on any atom is 0.108 e. The maximum absolute atomic E-state index is 9.33. The van der Waals surface area contributed by atoms with Crippen LogP contribution in [0.1, 0.15) is 90.4 Å². The minimum Gasteiger partial charge on any atom is -0.391 e. The molecule has 0 radical (unpaired) electrons. The van der Waals surface area contributed by atoms with Crippen molar-refractivity contribution in [2.75, 3.05) is 6.61 Å². The number of rotatable bonds is 15. The SMILES string of the molecule is CCCCCCCCCCCCCCC(O)COO. The zero-order valence-electron chi connectivity index (χ0n) is 12.8. The molecule has 0 aromatic carbocycles. The fourth-order valence-corrected chi connectivity index (χ4v) is 2.39. The summed E-state index contributed by atoms with van der Waals surface area (Å²) in [6.45, 7) is 2.30. The molecule has 0 aromatic heterocycles. The molecule has 116 valence electrons. The van der Waals surface area contributed by atoms with Crippen LogP contribution in [0.4, 0.5) is 0 Å². The molecule has 0 aliphatic heterocycles. The van der Waals surface area contributed by atoms with Crippen LogP contribution in [0.2, 0.25) is 0 Å². The minimum absolute atomic E-state index is 0.0397. The van der Waals surface area contributed by atoms with E-state index in [0.29, 0.717) is 0 Å². The Balaban J connectivity index is 2.99. The van der Waals surface area contributed by atoms with Crippen molar-refractivity contribution in [3.8, 4) is 0 Å². The van der Waals surface area contributed by atoms with E-state index in [1.165, 1.54) is 70.6 Å². The smallest absolute Gasteiger partial charge is 0.108 e. The number of hydrogen-bond acceptors (Lipinski definition) is 3. The van der Waals surface area contributed by atoms with Crippen molar-refractivity contribution >= 4 is 0 Å². The summed E-state index contributed by atoms with van der Waals surface area (Å²) in [5.41, 5.74) is 0. The summed E-state index contributed by atoms with van der Waals surface area (Å²) in [4.78, 5) is 3.91. The lowest BCUT2D eigenvalue weighted by molar-refractivity contribution is -0.257. The maximum atomic E-state index is 9.33. The lowest BCUT2D eigenvalue weighted by Crippen LogP contribution is -2.13. The van der Waals surface area contributed by atoms with Gasteiger partial charge in [0.2, 0.25) is 0 Å². The summed E-state index contributed by atoms with van der Waals surface area (Å²) >= 11 is 0. The molecule has 0 aromatic rings. The highest BCUT2D eigenvalue weighted by molar-refractivity contribution is 4.54. The third kappa shape index (κ3) is 15.8. The molecule has 0 aliphatic carbocycles. The van der Waals surface area contributed by atoms with Gasteiger partial charge in [0.25, 0.3) is 0 Å². The molecule has 0 fully saturated rings. The fraction of sp³-hybridized carbons (Fsp3) is 1.00. The van der Waals surface area contributed by atoms with Crippen molar-refractivity contribution in [3.05, 3.63) is 0 Å². The normalized spacial score (nSPS) is 12.8. The Hall–Kier alpha value is -0.120. The van der Waals surface area contributed by atoms with Gasteiger partial charge in [-0.1, -0.05) is 84.0 Å². The summed E-state index contributed by atoms with van der Waals surface area (Å²) in [6, 6.07) is 0. The van der Waals surface area contributed by atoms with Crippen LogP contribution >= 0.6 is 0 Å². The lowest BCUT2D eigenvalue weighted by Gasteiger charge is -2.07. The second-order valence-electron chi connectivity index (χ2n) is 5.63. The first-order valence-corrected chi connectivity index (χ1v) is 8.25. The molecular weight excluding hydrogens is 240 g/mol. The molecule has 0 bridgehead atoms. The van der Waals surface area contributed by atoms with Crippen LogP contribution in [0.3, 0.4) is 0 Å². The summed E-state index contributed by atoms with van der Waals surface area (Å²) in [5.74, 6) is 0. The summed E-state index contributed by atoms with van der Waals surface area (Å²) in [5, 5.41) is 17.5. The van der Waals surface area contributed by atoms with Gasteiger partial charge in [0.05, 0.1) is 6.10 Å². The topological polar surface area (TPSA) is 49.7 Å². The molecule has 0 aliphatic rings. The van der Waals surface area contributed by atoms with E-state index in [-0.39, 0.29) is 6.61 Å². The second kappa shape index (κ2) is 15.9. The van der Waals surface area contributed by atoms with E-state index in [0.717, 1.165) is 12.8 Å². The highest BCUT2D eigenvalue weighted by Crippen LogP contribution is 2.12. The van der Waals surface area contributed by atoms with E-state index in [1.807, 2.05) is 0 Å². The minimum atomic E-state index is -0.506. The first-order chi connectivity index (χ1) is 9.31. The molecule has 0 saturated heterocycles. The predicted molar refractivity (Wildman–Crippen MR) is 80.3 cm³/mol. The molecule has 1 unspecified atom stereocenters. The molecule has 19 heavy (non-hydrogen) atoms. The van der Waals surface area contributed by atoms with Crippen LogP contribution < -0.4 is 0 Å². The number of hydrogen-bond donors (Lipinski definition) is 2. The van der Waals surface area contributed by atoms with Crippen LogP contribution in [0.25, 0.3) is 0 Å². The van der Waals surface area contributed by atoms with Crippen LogP contribution in [-0.2, 0) is 4.89 Å². The Morgan fingerprint density at radius 2 is 1.16 bits per heavy atom. The summed E-state index contributed by atoms with van der Waals surface area (Å²) < 4.78 is 0. The molecule has 3 nitrogen and oxygen atoms in total. The van der Waals surface area contributed by atoms with Gasteiger partial charge in [-0.3, -0.25) is 5.26 Å². The van der Waals surface area contributed by atoms with Gasteiger partial charge >= 0.3 is 0 Å². The Morgan fingerprint density at radius 1 is 0.737 bits per heavy atom. The van der Waals surface area contributed by atoms with Crippen molar-refractivity contribution in [1.29, 1.82) is 0 Å². The van der Waals surface area contributed by atoms with Crippen molar-refractivity contribution in [1.82, 2.24) is 0 Å². The van der Waals surface area contributed by atoms with Gasteiger partial charge in [0, 0.05) is 0 Å². The van der Waals surface area contributed by atoms with Crippen LogP contribution in [0.5, 0.6) is 0 Å². The average molecular weight is 274 g/mol. The second-order valence-corrected chi connectivity index (χ2v) is 5.63. The van der Waals surface area contributed by atoms with Gasteiger partial charge in [-0.25, -0.2) is 4.89 Å². The van der Waals surface area contributed by atoms with E-state index >= 15 is 0 Å². The zero-order chi connectivity index (χ0) is 14.2. The highest BCUT2D eigenvalue weighted by atomic mass is 17.1. The van der Waals surface area contributed by atoms with Gasteiger partial charge in [-0.2, -0.15) is 0 Å². The zero-order valence-corrected chi connectivity index (χ0v) is 12.8. The van der Waals surface area contributed by atoms with Crippen molar-refractivity contribution in [2.24, 2.45) is 0 Å². The van der Waals surface area contributed by atoms with Crippen molar-refractivity contribution in [2.45, 2.75) is 96.5 Å². The molecular formula is C16H34O3. The fourth-order valence-electron chi connectivity index (χ4n) is 2.39. The number of aliphatic hydroxyl groups excluding tert-OH is 1. The quantitative estimate of drug-likeness (QED) is 0.253. The Labute approximate surface area is 119 Å². The van der Waals surface area contributed by atoms with Crippen LogP contribution in [0, 0.1) is 0 Å². The molecule has 2 N–H and O–H groups in total. The molecule has 1 atom stereocenters. The summed E-state index contributed by atoms with van der Waals surface area (Å²) in [6.07, 6.45) is 16.1. The molecule has 0 rings (SSSR count). The first kappa shape index (κ1) is 18.9. The van der Waals surface area contributed by atoms with Gasteiger partial charge in [0.1, 0.15) is 6.61 Å². The predicted octanol–water partition coefficient (Wildman–Crippen LogP) is 4.93. The van der Waals surface area contributed by atoms with E-state index in [4.69, 9.17) is 5.26 Å². The number of unbranched alkanes of at least 4 members (excludes halogenated alkanes) is 11. The standard InChI is InChI=1S/C16H34O3/c1-2-3-4-5-6-7-8-9-10-11-12-13-14-16(17)15-19-18/h16-18H,2-15H2,1H3. The highest BCUT2D eigenvalue weighted by Gasteiger charge is 2.03. The van der Waals surface area contributed by atoms with E-state index in [2.05, 4.69) is 11.8 Å². The van der Waals surface area contributed by atoms with E-state index in [1.54, 1.807) is 0 Å². The van der Waals surface area contributed by atoms with Gasteiger partial charge in [-0.15, -0.1) is 0 Å². The van der Waals surface area contributed by atoms with Gasteiger partial charge < -0.3 is 5.11 Å². The third-order valence-corrected chi connectivity index (χ3v) is 3.66. The van der Waals surface area contributed by atoms with E-state index in [9.17, 15) is 5.11 Å². The summed E-state index contributed by atoms with van der Waals surface area (Å²) in [7, 11) is 0. The first-order valence-electron chi connectivity index (χ1n) is 8.25. The Bertz CT molecular complexity index is 162. The molecule has 0 amide bonds. The largest absolute Gasteiger partial charge is 0.391 e. The van der Waals surface area contributed by atoms with Crippen LogP contribution in [0.15, 0.2) is 0 Å². The van der Waals surface area contributed by atoms with Crippen molar-refractivity contribution in [3.63, 3.8) is 0 Å². The molecule has 0 heterocycles. The van der Waals surface area contributed by atoms with Gasteiger partial charge in [0.15, 0.2) is 0 Å². The van der Waals surface area contributed by atoms with E-state index < -0.39 is 6.10 Å². The monoisotopic (exact) mass is 274 g/mol. The van der Waals surface area contributed by atoms with Crippen molar-refractivity contribution < 1.29 is 15.3 Å². The Kier molecular flexibility index (Phi) is 15.8. The average Bonchev–Trinajstić information content (AvgIpc) is 2.40. The van der Waals surface area contributed by atoms with Gasteiger partial charge in [-0.05, 0) is 6.42 Å². The lowest BCUT2D eigenvalue weighted by atomic mass is 10.0. The Morgan fingerprint density at radius 3 is 1.58 bits per heavy atom. The molecule has 0 saturated carbocycles. The third-order valence-electron chi connectivity index (χ3n) is 3.66. The molecule has 3 heteroatoms. The van der Waals surface area contributed by atoms with Crippen LogP contribution in [-0.4, -0.2) is 23.1 Å². The number of aliphatic hydroxyl groups is 1.